The molecule has 0 radical (unpaired) electrons. The monoisotopic (exact) mass is 130 g/mol. The molecular weight excluding hydrogens is 116 g/mol. The lowest BCUT2D eigenvalue weighted by atomic mass is 9.99. The Morgan fingerprint density at radius 3 is 2.22 bits per heavy atom. The maximum atomic E-state index is 10.5. The van der Waals surface area contributed by atoms with Gasteiger partial charge < -0.3 is 5.11 Å². The number of aliphatic hydroxyl groups excluding tert-OH is 1. The normalized spacial score (nSPS) is 16.9. The lowest BCUT2D eigenvalue weighted by molar-refractivity contribution is -0.127. The van der Waals surface area contributed by atoms with E-state index in [1.165, 1.54) is 6.92 Å². The topological polar surface area (TPSA) is 37.3 Å². The van der Waals surface area contributed by atoms with Gasteiger partial charge in [-0.05, 0) is 12.8 Å². The summed E-state index contributed by atoms with van der Waals surface area (Å²) in [4.78, 5) is 10.5. The molecule has 0 fully saturated rings. The van der Waals surface area contributed by atoms with Gasteiger partial charge >= 0.3 is 0 Å². The van der Waals surface area contributed by atoms with Crippen LogP contribution in [0.15, 0.2) is 0 Å². The third kappa shape index (κ3) is 2.61. The Hall–Kier alpha value is -0.370. The summed E-state index contributed by atoms with van der Waals surface area (Å²) in [6.45, 7) is 5.24. The van der Waals surface area contributed by atoms with E-state index in [0.29, 0.717) is 0 Å². The molecule has 0 aliphatic carbocycles. The molecule has 0 saturated carbocycles. The van der Waals surface area contributed by atoms with Gasteiger partial charge in [-0.2, -0.15) is 0 Å². The minimum Gasteiger partial charge on any atom is -0.385 e. The highest BCUT2D eigenvalue weighted by Gasteiger charge is 2.15. The molecule has 2 nitrogen and oxygen atoms in total. The number of carbonyl (C=O) groups excluding carboxylic acids is 1. The molecule has 0 saturated heterocycles. The maximum absolute atomic E-state index is 10.5. The first-order valence-electron chi connectivity index (χ1n) is 3.28. The fourth-order valence-electron chi connectivity index (χ4n) is 0.624. The van der Waals surface area contributed by atoms with E-state index in [0.717, 1.165) is 6.42 Å². The molecular formula is C7H14O2. The van der Waals surface area contributed by atoms with Crippen LogP contribution in [0.2, 0.25) is 0 Å². The summed E-state index contributed by atoms with van der Waals surface area (Å²) in [7, 11) is 0. The molecule has 0 heterocycles. The van der Waals surface area contributed by atoms with Gasteiger partial charge in [0.25, 0.3) is 0 Å². The van der Waals surface area contributed by atoms with Crippen LogP contribution in [0.25, 0.3) is 0 Å². The van der Waals surface area contributed by atoms with Gasteiger partial charge in [-0.15, -0.1) is 0 Å². The molecule has 0 aromatic heterocycles. The summed E-state index contributed by atoms with van der Waals surface area (Å²) in [6, 6.07) is 0. The largest absolute Gasteiger partial charge is 0.385 e. The Labute approximate surface area is 55.9 Å². The molecule has 0 bridgehead atoms. The molecule has 9 heavy (non-hydrogen) atoms. The molecule has 54 valence electrons. The lowest BCUT2D eigenvalue weighted by Crippen LogP contribution is -2.24. The van der Waals surface area contributed by atoms with Crippen molar-refractivity contribution in [1.29, 1.82) is 0 Å². The summed E-state index contributed by atoms with van der Waals surface area (Å²) in [5.74, 6) is -0.0353. The van der Waals surface area contributed by atoms with E-state index < -0.39 is 6.10 Å². The van der Waals surface area contributed by atoms with Gasteiger partial charge in [0.1, 0.15) is 6.10 Å². The average molecular weight is 130 g/mol. The molecule has 0 aliphatic rings. The zero-order chi connectivity index (χ0) is 7.44. The number of ketones is 1. The van der Waals surface area contributed by atoms with Gasteiger partial charge in [0, 0.05) is 0 Å². The van der Waals surface area contributed by atoms with Crippen LogP contribution in [-0.2, 0) is 4.79 Å². The predicted molar refractivity (Wildman–Crippen MR) is 36.1 cm³/mol. The van der Waals surface area contributed by atoms with Crippen molar-refractivity contribution in [2.75, 3.05) is 0 Å². The van der Waals surface area contributed by atoms with E-state index in [4.69, 9.17) is 5.11 Å². The van der Waals surface area contributed by atoms with Crippen LogP contribution in [0.3, 0.4) is 0 Å². The van der Waals surface area contributed by atoms with Crippen molar-refractivity contribution in [3.8, 4) is 0 Å². The number of hydrogen-bond acceptors (Lipinski definition) is 2. The lowest BCUT2D eigenvalue weighted by Gasteiger charge is -2.12. The first-order valence-corrected chi connectivity index (χ1v) is 3.28. The van der Waals surface area contributed by atoms with Crippen LogP contribution >= 0.6 is 0 Å². The quantitative estimate of drug-likeness (QED) is 0.618. The van der Waals surface area contributed by atoms with E-state index in [1.54, 1.807) is 0 Å². The fourth-order valence-corrected chi connectivity index (χ4v) is 0.624. The van der Waals surface area contributed by atoms with Gasteiger partial charge in [0.2, 0.25) is 0 Å². The molecule has 2 heteroatoms. The average Bonchev–Trinajstić information content (AvgIpc) is 1.84. The van der Waals surface area contributed by atoms with Crippen LogP contribution in [-0.4, -0.2) is 17.0 Å². The van der Waals surface area contributed by atoms with Crippen LogP contribution in [0.4, 0.5) is 0 Å². The Bertz CT molecular complexity index is 99.1. The minimum atomic E-state index is -0.755. The van der Waals surface area contributed by atoms with E-state index in [-0.39, 0.29) is 11.7 Å². The van der Waals surface area contributed by atoms with Gasteiger partial charge in [0.05, 0.1) is 0 Å². The highest BCUT2D eigenvalue weighted by molar-refractivity contribution is 5.80. The van der Waals surface area contributed by atoms with E-state index in [9.17, 15) is 4.79 Å². The smallest absolute Gasteiger partial charge is 0.158 e. The summed E-state index contributed by atoms with van der Waals surface area (Å²) in [5.41, 5.74) is 0. The molecule has 0 unspecified atom stereocenters. The van der Waals surface area contributed by atoms with Crippen molar-refractivity contribution in [3.05, 3.63) is 0 Å². The van der Waals surface area contributed by atoms with E-state index >= 15 is 0 Å². The molecule has 0 rings (SSSR count). The van der Waals surface area contributed by atoms with E-state index in [2.05, 4.69) is 0 Å². The maximum Gasteiger partial charge on any atom is 0.158 e. The van der Waals surface area contributed by atoms with Crippen LogP contribution in [0.5, 0.6) is 0 Å². The van der Waals surface area contributed by atoms with E-state index in [1.807, 2.05) is 13.8 Å². The molecule has 0 aromatic rings. The van der Waals surface area contributed by atoms with Crippen molar-refractivity contribution in [2.24, 2.45) is 5.92 Å². The summed E-state index contributed by atoms with van der Waals surface area (Å²) in [6.07, 6.45) is 0.0933. The number of aliphatic hydroxyl groups is 1. The van der Waals surface area contributed by atoms with Crippen molar-refractivity contribution in [3.63, 3.8) is 0 Å². The Morgan fingerprint density at radius 2 is 2.11 bits per heavy atom. The van der Waals surface area contributed by atoms with Crippen molar-refractivity contribution >= 4 is 5.78 Å². The third-order valence-corrected chi connectivity index (χ3v) is 1.60. The second-order valence-electron chi connectivity index (χ2n) is 2.44. The summed E-state index contributed by atoms with van der Waals surface area (Å²) >= 11 is 0. The summed E-state index contributed by atoms with van der Waals surface area (Å²) in [5, 5.41) is 9.05. The van der Waals surface area contributed by atoms with Crippen LogP contribution in [0, 0.1) is 5.92 Å². The Kier molecular flexibility index (Phi) is 3.47. The zero-order valence-corrected chi connectivity index (χ0v) is 6.22. The van der Waals surface area contributed by atoms with Crippen molar-refractivity contribution in [2.45, 2.75) is 33.3 Å². The van der Waals surface area contributed by atoms with Crippen LogP contribution < -0.4 is 0 Å². The zero-order valence-electron chi connectivity index (χ0n) is 6.22. The number of Topliss-reactive ketones (excluding diaryl/α,β-unsaturated/α-hetero) is 1. The number of carbonyl (C=O) groups is 1. The molecule has 1 N–H and O–H groups in total. The summed E-state index contributed by atoms with van der Waals surface area (Å²) < 4.78 is 0. The SMILES string of the molecule is CC[C@H](C)[C@H](O)C(C)=O. The third-order valence-electron chi connectivity index (χ3n) is 1.60. The van der Waals surface area contributed by atoms with Gasteiger partial charge in [-0.25, -0.2) is 0 Å². The first kappa shape index (κ1) is 8.63. The minimum absolute atomic E-state index is 0.0995. The predicted octanol–water partition coefficient (Wildman–Crippen LogP) is 0.982. The number of hydrogen-bond donors (Lipinski definition) is 1. The van der Waals surface area contributed by atoms with Gasteiger partial charge in [0.15, 0.2) is 5.78 Å². The molecule has 0 aliphatic heterocycles. The number of rotatable bonds is 3. The standard InChI is InChI=1S/C7H14O2/c1-4-5(2)7(9)6(3)8/h5,7,9H,4H2,1-3H3/t5-,7-/m0/s1. The van der Waals surface area contributed by atoms with Crippen molar-refractivity contribution < 1.29 is 9.90 Å². The highest BCUT2D eigenvalue weighted by atomic mass is 16.3. The highest BCUT2D eigenvalue weighted by Crippen LogP contribution is 2.07. The van der Waals surface area contributed by atoms with Gasteiger partial charge in [-0.3, -0.25) is 4.79 Å². The molecule has 0 aromatic carbocycles. The Morgan fingerprint density at radius 1 is 1.67 bits per heavy atom. The van der Waals surface area contributed by atoms with Crippen LogP contribution in [0.1, 0.15) is 27.2 Å². The first-order chi connectivity index (χ1) is 4.09. The molecule has 0 spiro atoms. The second-order valence-corrected chi connectivity index (χ2v) is 2.44. The molecule has 0 amide bonds. The fraction of sp³-hybridized carbons (Fsp3) is 0.857. The molecule has 2 atom stereocenters. The van der Waals surface area contributed by atoms with Crippen molar-refractivity contribution in [1.82, 2.24) is 0 Å². The van der Waals surface area contributed by atoms with Gasteiger partial charge in [-0.1, -0.05) is 20.3 Å². The second kappa shape index (κ2) is 3.62. The Balaban J connectivity index is 3.72.